The number of hydroxylamine groups is 2. The van der Waals surface area contributed by atoms with E-state index in [2.05, 4.69) is 0 Å². The molecule has 2 aliphatic rings. The van der Waals surface area contributed by atoms with E-state index in [1.807, 2.05) is 37.3 Å². The van der Waals surface area contributed by atoms with Crippen molar-refractivity contribution in [3.8, 4) is 0 Å². The van der Waals surface area contributed by atoms with Gasteiger partial charge in [-0.1, -0.05) is 30.3 Å². The Bertz CT molecular complexity index is 536. The Morgan fingerprint density at radius 2 is 1.82 bits per heavy atom. The molecule has 6 atom stereocenters. The minimum Gasteiger partial charge on any atom is -0.422 e. The third-order valence-electron chi connectivity index (χ3n) is 4.08. The van der Waals surface area contributed by atoms with Crippen LogP contribution in [-0.4, -0.2) is 52.1 Å². The van der Waals surface area contributed by atoms with Gasteiger partial charge >= 0.3 is 6.16 Å². The van der Waals surface area contributed by atoms with Crippen molar-refractivity contribution in [2.75, 3.05) is 0 Å². The SMILES string of the molecule is C[C@H](O)[C@@H](O)[C@@H]1[C@H]2OC(=O)O[C@H]2ON1[C@H](C)c1ccccc1. The molecule has 0 unspecified atom stereocenters. The second-order valence-electron chi connectivity index (χ2n) is 5.59. The molecule has 2 saturated heterocycles. The molecule has 120 valence electrons. The first kappa shape index (κ1) is 15.2. The fourth-order valence-electron chi connectivity index (χ4n) is 2.86. The summed E-state index contributed by atoms with van der Waals surface area (Å²) in [5.41, 5.74) is 0.969. The number of carbonyl (C=O) groups is 1. The largest absolute Gasteiger partial charge is 0.511 e. The zero-order valence-electron chi connectivity index (χ0n) is 12.3. The Kier molecular flexibility index (Phi) is 4.05. The number of aliphatic hydroxyl groups is 2. The van der Waals surface area contributed by atoms with Crippen molar-refractivity contribution in [3.05, 3.63) is 35.9 Å². The van der Waals surface area contributed by atoms with E-state index in [4.69, 9.17) is 14.3 Å². The lowest BCUT2D eigenvalue weighted by Crippen LogP contribution is -2.50. The van der Waals surface area contributed by atoms with Gasteiger partial charge < -0.3 is 19.7 Å². The van der Waals surface area contributed by atoms with Crippen LogP contribution in [0.2, 0.25) is 0 Å². The van der Waals surface area contributed by atoms with E-state index >= 15 is 0 Å². The molecule has 0 aliphatic carbocycles. The van der Waals surface area contributed by atoms with Gasteiger partial charge in [0.2, 0.25) is 0 Å². The molecule has 0 spiro atoms. The maximum Gasteiger partial charge on any atom is 0.511 e. The van der Waals surface area contributed by atoms with E-state index in [0.717, 1.165) is 5.56 Å². The van der Waals surface area contributed by atoms with Gasteiger partial charge in [0, 0.05) is 0 Å². The number of fused-ring (bicyclic) bond motifs is 1. The van der Waals surface area contributed by atoms with Crippen molar-refractivity contribution in [2.24, 2.45) is 0 Å². The van der Waals surface area contributed by atoms with E-state index in [9.17, 15) is 15.0 Å². The predicted molar refractivity (Wildman–Crippen MR) is 74.4 cm³/mol. The maximum absolute atomic E-state index is 11.3. The normalized spacial score (nSPS) is 32.0. The maximum atomic E-state index is 11.3. The molecule has 0 radical (unpaired) electrons. The lowest BCUT2D eigenvalue weighted by atomic mass is 9.98. The topological polar surface area (TPSA) is 88.5 Å². The predicted octanol–water partition coefficient (Wildman–Crippen LogP) is 0.967. The number of benzene rings is 1. The van der Waals surface area contributed by atoms with Crippen molar-refractivity contribution in [1.82, 2.24) is 5.06 Å². The third-order valence-corrected chi connectivity index (χ3v) is 4.08. The van der Waals surface area contributed by atoms with E-state index in [0.29, 0.717) is 0 Å². The van der Waals surface area contributed by atoms with Gasteiger partial charge in [0.25, 0.3) is 6.29 Å². The molecule has 2 fully saturated rings. The lowest BCUT2D eigenvalue weighted by Gasteiger charge is -2.33. The quantitative estimate of drug-likeness (QED) is 0.801. The molecule has 2 heterocycles. The van der Waals surface area contributed by atoms with Crippen molar-refractivity contribution in [3.63, 3.8) is 0 Å². The van der Waals surface area contributed by atoms with Crippen molar-refractivity contribution in [1.29, 1.82) is 0 Å². The van der Waals surface area contributed by atoms with Crippen LogP contribution in [0.15, 0.2) is 30.3 Å². The summed E-state index contributed by atoms with van der Waals surface area (Å²) >= 11 is 0. The summed E-state index contributed by atoms with van der Waals surface area (Å²) in [4.78, 5) is 16.9. The molecule has 1 aromatic rings. The van der Waals surface area contributed by atoms with Crippen LogP contribution in [0.25, 0.3) is 0 Å². The first-order valence-electron chi connectivity index (χ1n) is 7.22. The van der Waals surface area contributed by atoms with E-state index in [-0.39, 0.29) is 6.04 Å². The highest BCUT2D eigenvalue weighted by Crippen LogP contribution is 2.38. The fraction of sp³-hybridized carbons (Fsp3) is 0.533. The molecule has 1 aromatic carbocycles. The van der Waals surface area contributed by atoms with Gasteiger partial charge in [0.1, 0.15) is 12.1 Å². The van der Waals surface area contributed by atoms with Crippen LogP contribution in [0.4, 0.5) is 4.79 Å². The van der Waals surface area contributed by atoms with Crippen molar-refractivity contribution < 1.29 is 29.3 Å². The minimum absolute atomic E-state index is 0.215. The first-order valence-corrected chi connectivity index (χ1v) is 7.22. The van der Waals surface area contributed by atoms with Gasteiger partial charge in [-0.3, -0.25) is 0 Å². The molecular formula is C15H19NO6. The molecule has 0 aromatic heterocycles. The molecule has 7 nitrogen and oxygen atoms in total. The van der Waals surface area contributed by atoms with Crippen LogP contribution in [0, 0.1) is 0 Å². The number of carbonyl (C=O) groups excluding carboxylic acids is 1. The summed E-state index contributed by atoms with van der Waals surface area (Å²) < 4.78 is 10.0. The van der Waals surface area contributed by atoms with Crippen LogP contribution < -0.4 is 0 Å². The summed E-state index contributed by atoms with van der Waals surface area (Å²) in [7, 11) is 0. The first-order chi connectivity index (χ1) is 10.5. The summed E-state index contributed by atoms with van der Waals surface area (Å²) in [6.45, 7) is 3.38. The minimum atomic E-state index is -1.14. The molecule has 3 rings (SSSR count). The molecular weight excluding hydrogens is 290 g/mol. The number of aliphatic hydroxyl groups excluding tert-OH is 2. The number of ether oxygens (including phenoxy) is 2. The average molecular weight is 309 g/mol. The number of hydrogen-bond acceptors (Lipinski definition) is 7. The van der Waals surface area contributed by atoms with E-state index < -0.39 is 36.8 Å². The number of hydrogen-bond donors (Lipinski definition) is 2. The molecule has 2 aliphatic heterocycles. The molecule has 7 heteroatoms. The summed E-state index contributed by atoms with van der Waals surface area (Å²) in [6.07, 6.45) is -4.65. The van der Waals surface area contributed by atoms with Crippen molar-refractivity contribution >= 4 is 6.16 Å². The lowest BCUT2D eigenvalue weighted by molar-refractivity contribution is -0.246. The van der Waals surface area contributed by atoms with Gasteiger partial charge in [-0.15, -0.1) is 0 Å². The number of nitrogens with zero attached hydrogens (tertiary/aromatic N) is 1. The Labute approximate surface area is 128 Å². The summed E-state index contributed by atoms with van der Waals surface area (Å²) in [5.74, 6) is 0. The van der Waals surface area contributed by atoms with Gasteiger partial charge in [0.15, 0.2) is 6.10 Å². The fourth-order valence-corrected chi connectivity index (χ4v) is 2.86. The second kappa shape index (κ2) is 5.85. The van der Waals surface area contributed by atoms with Gasteiger partial charge in [0.05, 0.1) is 12.1 Å². The van der Waals surface area contributed by atoms with E-state index in [1.165, 1.54) is 12.0 Å². The van der Waals surface area contributed by atoms with Gasteiger partial charge in [-0.2, -0.15) is 5.06 Å². The van der Waals surface area contributed by atoms with Gasteiger partial charge in [-0.05, 0) is 19.4 Å². The highest BCUT2D eigenvalue weighted by Gasteiger charge is 2.57. The zero-order chi connectivity index (χ0) is 15.9. The Hall–Kier alpha value is -1.67. The molecule has 0 amide bonds. The standard InChI is InChI=1S/C15H19NO6/c1-8(10-6-4-3-5-7-10)16-11(12(18)9(2)17)13-14(22-16)21-15(19)20-13/h3-9,11-14,17-18H,1-2H3/t8-,9+,11-,12-,13-,14+/m1/s1. The Morgan fingerprint density at radius 3 is 2.45 bits per heavy atom. The number of rotatable bonds is 4. The van der Waals surface area contributed by atoms with Crippen LogP contribution in [-0.2, 0) is 14.3 Å². The van der Waals surface area contributed by atoms with Crippen LogP contribution in [0.3, 0.4) is 0 Å². The van der Waals surface area contributed by atoms with Crippen LogP contribution >= 0.6 is 0 Å². The summed E-state index contributed by atoms with van der Waals surface area (Å²) in [6, 6.07) is 8.64. The molecule has 2 N–H and O–H groups in total. The monoisotopic (exact) mass is 309 g/mol. The smallest absolute Gasteiger partial charge is 0.422 e. The Morgan fingerprint density at radius 1 is 1.14 bits per heavy atom. The van der Waals surface area contributed by atoms with Gasteiger partial charge in [-0.25, -0.2) is 9.63 Å². The van der Waals surface area contributed by atoms with Crippen LogP contribution in [0.5, 0.6) is 0 Å². The average Bonchev–Trinajstić information content (AvgIpc) is 3.02. The summed E-state index contributed by atoms with van der Waals surface area (Å²) in [5, 5.41) is 21.6. The van der Waals surface area contributed by atoms with E-state index in [1.54, 1.807) is 0 Å². The molecule has 0 saturated carbocycles. The van der Waals surface area contributed by atoms with Crippen LogP contribution in [0.1, 0.15) is 25.5 Å². The molecule has 0 bridgehead atoms. The zero-order valence-corrected chi connectivity index (χ0v) is 12.3. The van der Waals surface area contributed by atoms with Crippen molar-refractivity contribution in [2.45, 2.75) is 50.5 Å². The second-order valence-corrected chi connectivity index (χ2v) is 5.59. The third kappa shape index (κ3) is 2.56. The highest BCUT2D eigenvalue weighted by atomic mass is 16.9. The Balaban J connectivity index is 1.87. The molecule has 22 heavy (non-hydrogen) atoms. The highest BCUT2D eigenvalue weighted by molar-refractivity contribution is 5.62.